The molecule has 0 aliphatic carbocycles. The van der Waals surface area contributed by atoms with E-state index in [1.54, 1.807) is 0 Å². The number of aromatic nitrogens is 1. The number of hydrogen-bond donors (Lipinski definition) is 1. The Morgan fingerprint density at radius 1 is 1.35 bits per heavy atom. The van der Waals surface area contributed by atoms with Crippen molar-refractivity contribution in [3.63, 3.8) is 0 Å². The van der Waals surface area contributed by atoms with E-state index in [1.165, 1.54) is 11.3 Å². The molecule has 1 heterocycles. The molecule has 0 aliphatic rings. The van der Waals surface area contributed by atoms with Crippen LogP contribution in [0.3, 0.4) is 0 Å². The summed E-state index contributed by atoms with van der Waals surface area (Å²) in [6.07, 6.45) is 1.97. The Bertz CT molecular complexity index is 366. The number of pyridine rings is 1. The molecule has 1 aromatic rings. The standard InChI is InChI=1S/C14H25N3/c1-11-7-13(12(8-15-5)9-16-11)17(6)10-14(2,3)4/h7,9,15H,8,10H2,1-6H3. The molecule has 0 spiro atoms. The second-order valence-electron chi connectivity index (χ2n) is 5.90. The van der Waals surface area contributed by atoms with Crippen LogP contribution in [-0.4, -0.2) is 25.6 Å². The zero-order chi connectivity index (χ0) is 13.1. The van der Waals surface area contributed by atoms with Crippen LogP contribution in [-0.2, 0) is 6.54 Å². The van der Waals surface area contributed by atoms with Gasteiger partial charge in [0.1, 0.15) is 0 Å². The molecule has 3 nitrogen and oxygen atoms in total. The Morgan fingerprint density at radius 3 is 2.53 bits per heavy atom. The molecule has 3 heteroatoms. The van der Waals surface area contributed by atoms with E-state index in [0.717, 1.165) is 18.8 Å². The summed E-state index contributed by atoms with van der Waals surface area (Å²) in [5.74, 6) is 0. The molecule has 0 bridgehead atoms. The number of rotatable bonds is 4. The lowest BCUT2D eigenvalue weighted by atomic mass is 9.96. The largest absolute Gasteiger partial charge is 0.374 e. The van der Waals surface area contributed by atoms with Gasteiger partial charge in [0.05, 0.1) is 0 Å². The summed E-state index contributed by atoms with van der Waals surface area (Å²) in [4.78, 5) is 6.69. The highest BCUT2D eigenvalue weighted by Gasteiger charge is 2.16. The molecule has 0 radical (unpaired) electrons. The first-order valence-corrected chi connectivity index (χ1v) is 6.15. The third kappa shape index (κ3) is 4.35. The Hall–Kier alpha value is -1.09. The van der Waals surface area contributed by atoms with E-state index >= 15 is 0 Å². The third-order valence-corrected chi connectivity index (χ3v) is 2.59. The minimum Gasteiger partial charge on any atom is -0.374 e. The van der Waals surface area contributed by atoms with Crippen molar-refractivity contribution in [3.05, 3.63) is 23.5 Å². The van der Waals surface area contributed by atoms with Gasteiger partial charge in [-0.15, -0.1) is 0 Å². The highest BCUT2D eigenvalue weighted by atomic mass is 15.1. The van der Waals surface area contributed by atoms with Crippen molar-refractivity contribution in [2.24, 2.45) is 5.41 Å². The molecule has 17 heavy (non-hydrogen) atoms. The van der Waals surface area contributed by atoms with Crippen molar-refractivity contribution in [2.75, 3.05) is 25.5 Å². The van der Waals surface area contributed by atoms with E-state index in [1.807, 2.05) is 20.2 Å². The molecule has 0 aliphatic heterocycles. The van der Waals surface area contributed by atoms with Crippen LogP contribution in [0, 0.1) is 12.3 Å². The molecule has 0 unspecified atom stereocenters. The predicted molar refractivity (Wildman–Crippen MR) is 74.5 cm³/mol. The number of nitrogens with zero attached hydrogens (tertiary/aromatic N) is 2. The Kier molecular flexibility index (Phi) is 4.52. The van der Waals surface area contributed by atoms with Crippen molar-refractivity contribution in [1.82, 2.24) is 10.3 Å². The Labute approximate surface area is 105 Å². The summed E-state index contributed by atoms with van der Waals surface area (Å²) in [7, 11) is 4.12. The Morgan fingerprint density at radius 2 is 2.00 bits per heavy atom. The van der Waals surface area contributed by atoms with Crippen molar-refractivity contribution in [3.8, 4) is 0 Å². The van der Waals surface area contributed by atoms with Gasteiger partial charge in [0.15, 0.2) is 0 Å². The maximum Gasteiger partial charge on any atom is 0.0443 e. The molecule has 96 valence electrons. The highest BCUT2D eigenvalue weighted by molar-refractivity contribution is 5.53. The van der Waals surface area contributed by atoms with Gasteiger partial charge in [-0.3, -0.25) is 4.98 Å². The molecule has 0 saturated heterocycles. The molecule has 0 aromatic carbocycles. The maximum atomic E-state index is 4.37. The van der Waals surface area contributed by atoms with Crippen LogP contribution in [0.5, 0.6) is 0 Å². The van der Waals surface area contributed by atoms with E-state index in [4.69, 9.17) is 0 Å². The monoisotopic (exact) mass is 235 g/mol. The summed E-state index contributed by atoms with van der Waals surface area (Å²) in [6, 6.07) is 2.17. The van der Waals surface area contributed by atoms with E-state index in [9.17, 15) is 0 Å². The summed E-state index contributed by atoms with van der Waals surface area (Å²) in [6.45, 7) is 10.7. The van der Waals surface area contributed by atoms with E-state index in [2.05, 4.69) is 49.1 Å². The topological polar surface area (TPSA) is 28.2 Å². The lowest BCUT2D eigenvalue weighted by molar-refractivity contribution is 0.418. The molecular formula is C14H25N3. The van der Waals surface area contributed by atoms with Crippen LogP contribution in [0.4, 0.5) is 5.69 Å². The summed E-state index contributed by atoms with van der Waals surface area (Å²) < 4.78 is 0. The van der Waals surface area contributed by atoms with Crippen molar-refractivity contribution in [2.45, 2.75) is 34.2 Å². The molecule has 0 atom stereocenters. The minimum absolute atomic E-state index is 0.294. The first kappa shape index (κ1) is 14.0. The van der Waals surface area contributed by atoms with E-state index < -0.39 is 0 Å². The zero-order valence-corrected chi connectivity index (χ0v) is 12.0. The summed E-state index contributed by atoms with van der Waals surface area (Å²) >= 11 is 0. The van der Waals surface area contributed by atoms with Gasteiger partial charge in [-0.25, -0.2) is 0 Å². The molecule has 0 saturated carbocycles. The third-order valence-electron chi connectivity index (χ3n) is 2.59. The number of aryl methyl sites for hydroxylation is 1. The molecular weight excluding hydrogens is 210 g/mol. The first-order valence-electron chi connectivity index (χ1n) is 6.15. The maximum absolute atomic E-state index is 4.37. The lowest BCUT2D eigenvalue weighted by Crippen LogP contribution is -2.30. The van der Waals surface area contributed by atoms with E-state index in [0.29, 0.717) is 5.41 Å². The van der Waals surface area contributed by atoms with Crippen molar-refractivity contribution < 1.29 is 0 Å². The molecule has 1 aromatic heterocycles. The van der Waals surface area contributed by atoms with Crippen LogP contribution in [0.2, 0.25) is 0 Å². The average Bonchev–Trinajstić information content (AvgIpc) is 2.18. The SMILES string of the molecule is CNCc1cnc(C)cc1N(C)CC(C)(C)C. The minimum atomic E-state index is 0.294. The van der Waals surface area contributed by atoms with Gasteiger partial charge < -0.3 is 10.2 Å². The predicted octanol–water partition coefficient (Wildman–Crippen LogP) is 2.59. The smallest absolute Gasteiger partial charge is 0.0443 e. The van der Waals surface area contributed by atoms with Crippen LogP contribution >= 0.6 is 0 Å². The van der Waals surface area contributed by atoms with Gasteiger partial charge in [-0.1, -0.05) is 20.8 Å². The van der Waals surface area contributed by atoms with Gasteiger partial charge in [-0.05, 0) is 25.5 Å². The molecule has 1 N–H and O–H groups in total. The number of nitrogens with one attached hydrogen (secondary N) is 1. The normalized spacial score (nSPS) is 11.6. The average molecular weight is 235 g/mol. The number of anilines is 1. The molecule has 1 rings (SSSR count). The van der Waals surface area contributed by atoms with E-state index in [-0.39, 0.29) is 0 Å². The highest BCUT2D eigenvalue weighted by Crippen LogP contribution is 2.24. The lowest BCUT2D eigenvalue weighted by Gasteiger charge is -2.30. The molecule has 0 fully saturated rings. The van der Waals surface area contributed by atoms with Crippen LogP contribution in [0.25, 0.3) is 0 Å². The fraction of sp³-hybridized carbons (Fsp3) is 0.643. The van der Waals surface area contributed by atoms with Gasteiger partial charge in [0.2, 0.25) is 0 Å². The van der Waals surface area contributed by atoms with Gasteiger partial charge in [0.25, 0.3) is 0 Å². The summed E-state index contributed by atoms with van der Waals surface area (Å²) in [5.41, 5.74) is 3.90. The molecule has 0 amide bonds. The van der Waals surface area contributed by atoms with Crippen molar-refractivity contribution >= 4 is 5.69 Å². The van der Waals surface area contributed by atoms with Crippen LogP contribution < -0.4 is 10.2 Å². The Balaban J connectivity index is 2.97. The second-order valence-corrected chi connectivity index (χ2v) is 5.90. The fourth-order valence-corrected chi connectivity index (χ4v) is 2.05. The quantitative estimate of drug-likeness (QED) is 0.869. The van der Waals surface area contributed by atoms with Gasteiger partial charge in [0, 0.05) is 43.3 Å². The van der Waals surface area contributed by atoms with Crippen LogP contribution in [0.15, 0.2) is 12.3 Å². The summed E-state index contributed by atoms with van der Waals surface area (Å²) in [5, 5.41) is 3.19. The van der Waals surface area contributed by atoms with Crippen LogP contribution in [0.1, 0.15) is 32.0 Å². The zero-order valence-electron chi connectivity index (χ0n) is 12.0. The second kappa shape index (κ2) is 5.50. The number of hydrogen-bond acceptors (Lipinski definition) is 3. The van der Waals surface area contributed by atoms with Crippen molar-refractivity contribution in [1.29, 1.82) is 0 Å². The first-order chi connectivity index (χ1) is 7.83. The van der Waals surface area contributed by atoms with Gasteiger partial charge >= 0.3 is 0 Å². The fourth-order valence-electron chi connectivity index (χ4n) is 2.05. The van der Waals surface area contributed by atoms with Gasteiger partial charge in [-0.2, -0.15) is 0 Å².